The first-order valence-corrected chi connectivity index (χ1v) is 7.91. The molecule has 0 spiro atoms. The number of nitrogen functional groups attached to an aromatic ring is 1. The fourth-order valence-electron chi connectivity index (χ4n) is 1.75. The Kier molecular flexibility index (Phi) is 5.19. The molecule has 5 N–H and O–H groups in total. The average Bonchev–Trinajstić information content (AvgIpc) is 2.44. The molecular formula is C13H22N4O3S. The fraction of sp³-hybridized carbons (Fsp3) is 0.462. The van der Waals surface area contributed by atoms with Gasteiger partial charge in [-0.3, -0.25) is 4.79 Å². The zero-order valence-corrected chi connectivity index (χ0v) is 13.5. The van der Waals surface area contributed by atoms with E-state index in [1.807, 2.05) is 0 Å². The van der Waals surface area contributed by atoms with Crippen LogP contribution in [0.1, 0.15) is 13.8 Å². The lowest BCUT2D eigenvalue weighted by atomic mass is 9.92. The first kappa shape index (κ1) is 17.3. The lowest BCUT2D eigenvalue weighted by Crippen LogP contribution is -2.39. The smallest absolute Gasteiger partial charge is 0.242 e. The van der Waals surface area contributed by atoms with E-state index in [2.05, 4.69) is 15.4 Å². The number of amides is 1. The van der Waals surface area contributed by atoms with Crippen molar-refractivity contribution in [3.05, 3.63) is 18.2 Å². The number of rotatable bonds is 6. The SMILES string of the molecule is CNC(=O)C(C)(C)CNc1ccc(N)cc1S(=O)(=O)NC. The van der Waals surface area contributed by atoms with Gasteiger partial charge in [0.2, 0.25) is 15.9 Å². The van der Waals surface area contributed by atoms with Gasteiger partial charge in [-0.25, -0.2) is 13.1 Å². The van der Waals surface area contributed by atoms with Gasteiger partial charge in [0.1, 0.15) is 4.90 Å². The quantitative estimate of drug-likeness (QED) is 0.566. The number of nitrogens with two attached hydrogens (primary N) is 1. The van der Waals surface area contributed by atoms with Crippen LogP contribution in [0.5, 0.6) is 0 Å². The minimum absolute atomic E-state index is 0.0534. The van der Waals surface area contributed by atoms with Crippen molar-refractivity contribution in [2.75, 3.05) is 31.7 Å². The van der Waals surface area contributed by atoms with Crippen molar-refractivity contribution in [3.63, 3.8) is 0 Å². The number of anilines is 2. The standard InChI is InChI=1S/C13H22N4O3S/c1-13(2,12(18)15-3)8-17-10-6-5-9(14)7-11(10)21(19,20)16-4/h5-7,16-17H,8,14H2,1-4H3,(H,15,18). The first-order valence-electron chi connectivity index (χ1n) is 6.43. The Bertz CT molecular complexity index is 626. The third-order valence-corrected chi connectivity index (χ3v) is 4.58. The minimum atomic E-state index is -3.64. The van der Waals surface area contributed by atoms with E-state index < -0.39 is 15.4 Å². The van der Waals surface area contributed by atoms with E-state index in [4.69, 9.17) is 5.73 Å². The Morgan fingerprint density at radius 3 is 2.43 bits per heavy atom. The predicted molar refractivity (Wildman–Crippen MR) is 83.4 cm³/mol. The second-order valence-electron chi connectivity index (χ2n) is 5.28. The largest absolute Gasteiger partial charge is 0.399 e. The van der Waals surface area contributed by atoms with Crippen molar-refractivity contribution in [1.29, 1.82) is 0 Å². The summed E-state index contributed by atoms with van der Waals surface area (Å²) in [6.07, 6.45) is 0. The van der Waals surface area contributed by atoms with Crippen molar-refractivity contribution in [1.82, 2.24) is 10.0 Å². The van der Waals surface area contributed by atoms with E-state index in [0.717, 1.165) is 0 Å². The third-order valence-electron chi connectivity index (χ3n) is 3.13. The second kappa shape index (κ2) is 6.31. The van der Waals surface area contributed by atoms with Gasteiger partial charge >= 0.3 is 0 Å². The maximum absolute atomic E-state index is 12.0. The molecule has 0 heterocycles. The summed E-state index contributed by atoms with van der Waals surface area (Å²) in [6.45, 7) is 3.81. The molecule has 7 nitrogen and oxygen atoms in total. The highest BCUT2D eigenvalue weighted by atomic mass is 32.2. The summed E-state index contributed by atoms with van der Waals surface area (Å²) in [7, 11) is -0.748. The Hall–Kier alpha value is -1.80. The van der Waals surface area contributed by atoms with Gasteiger partial charge in [-0.05, 0) is 39.1 Å². The molecule has 0 unspecified atom stereocenters. The van der Waals surface area contributed by atoms with E-state index in [1.54, 1.807) is 33.0 Å². The summed E-state index contributed by atoms with van der Waals surface area (Å²) < 4.78 is 26.3. The van der Waals surface area contributed by atoms with E-state index in [-0.39, 0.29) is 17.3 Å². The van der Waals surface area contributed by atoms with Crippen LogP contribution in [0.15, 0.2) is 23.1 Å². The van der Waals surface area contributed by atoms with Gasteiger partial charge in [0, 0.05) is 19.3 Å². The fourth-order valence-corrected chi connectivity index (χ4v) is 2.69. The molecule has 1 aromatic rings. The van der Waals surface area contributed by atoms with E-state index in [9.17, 15) is 13.2 Å². The highest BCUT2D eigenvalue weighted by molar-refractivity contribution is 7.89. The van der Waals surface area contributed by atoms with Crippen LogP contribution >= 0.6 is 0 Å². The Morgan fingerprint density at radius 1 is 1.29 bits per heavy atom. The molecule has 0 saturated carbocycles. The second-order valence-corrected chi connectivity index (χ2v) is 7.13. The van der Waals surface area contributed by atoms with Crippen molar-refractivity contribution in [2.45, 2.75) is 18.7 Å². The number of benzene rings is 1. The molecule has 1 aromatic carbocycles. The average molecular weight is 314 g/mol. The topological polar surface area (TPSA) is 113 Å². The number of sulfonamides is 1. The van der Waals surface area contributed by atoms with Crippen LogP contribution in [0.25, 0.3) is 0 Å². The molecule has 118 valence electrons. The van der Waals surface area contributed by atoms with Gasteiger partial charge in [-0.15, -0.1) is 0 Å². The monoisotopic (exact) mass is 314 g/mol. The maximum Gasteiger partial charge on any atom is 0.242 e. The van der Waals surface area contributed by atoms with E-state index >= 15 is 0 Å². The molecule has 21 heavy (non-hydrogen) atoms. The summed E-state index contributed by atoms with van der Waals surface area (Å²) in [6, 6.07) is 4.56. The van der Waals surface area contributed by atoms with E-state index in [1.165, 1.54) is 13.1 Å². The van der Waals surface area contributed by atoms with Crippen molar-refractivity contribution >= 4 is 27.3 Å². The van der Waals surface area contributed by atoms with Crippen LogP contribution in [-0.2, 0) is 14.8 Å². The van der Waals surface area contributed by atoms with Crippen LogP contribution in [0, 0.1) is 5.41 Å². The summed E-state index contributed by atoms with van der Waals surface area (Å²) >= 11 is 0. The molecule has 0 aliphatic rings. The van der Waals surface area contributed by atoms with Crippen LogP contribution < -0.4 is 21.1 Å². The number of hydrogen-bond acceptors (Lipinski definition) is 5. The van der Waals surface area contributed by atoms with Gasteiger partial charge in [0.15, 0.2) is 0 Å². The van der Waals surface area contributed by atoms with Crippen LogP contribution in [-0.4, -0.2) is 35.0 Å². The van der Waals surface area contributed by atoms with Gasteiger partial charge < -0.3 is 16.4 Å². The molecule has 0 atom stereocenters. The molecule has 0 fully saturated rings. The van der Waals surface area contributed by atoms with Gasteiger partial charge in [0.05, 0.1) is 11.1 Å². The molecule has 8 heteroatoms. The molecule has 0 aliphatic heterocycles. The summed E-state index contributed by atoms with van der Waals surface area (Å²) in [5.41, 5.74) is 5.71. The van der Waals surface area contributed by atoms with Gasteiger partial charge in [-0.1, -0.05) is 0 Å². The minimum Gasteiger partial charge on any atom is -0.399 e. The highest BCUT2D eigenvalue weighted by Crippen LogP contribution is 2.25. The van der Waals surface area contributed by atoms with Crippen molar-refractivity contribution in [2.24, 2.45) is 5.41 Å². The lowest BCUT2D eigenvalue weighted by Gasteiger charge is -2.24. The molecule has 0 saturated heterocycles. The van der Waals surface area contributed by atoms with Crippen LogP contribution in [0.3, 0.4) is 0 Å². The summed E-state index contributed by atoms with van der Waals surface area (Å²) in [4.78, 5) is 11.8. The molecule has 0 radical (unpaired) electrons. The Labute approximate surface area is 125 Å². The Balaban J connectivity index is 3.08. The lowest BCUT2D eigenvalue weighted by molar-refractivity contribution is -0.128. The molecular weight excluding hydrogens is 292 g/mol. The predicted octanol–water partition coefficient (Wildman–Crippen LogP) is 0.361. The molecule has 1 amide bonds. The summed E-state index contributed by atoms with van der Waals surface area (Å²) in [5.74, 6) is -0.136. The number of nitrogens with one attached hydrogen (secondary N) is 3. The number of carbonyl (C=O) groups excluding carboxylic acids is 1. The maximum atomic E-state index is 12.0. The molecule has 0 bridgehead atoms. The first-order chi connectivity index (χ1) is 9.64. The Morgan fingerprint density at radius 2 is 1.90 bits per heavy atom. The molecule has 0 aliphatic carbocycles. The van der Waals surface area contributed by atoms with Crippen molar-refractivity contribution in [3.8, 4) is 0 Å². The third kappa shape index (κ3) is 4.08. The normalized spacial score (nSPS) is 12.0. The zero-order valence-electron chi connectivity index (χ0n) is 12.6. The zero-order chi connectivity index (χ0) is 16.3. The van der Waals surface area contributed by atoms with E-state index in [0.29, 0.717) is 11.4 Å². The van der Waals surface area contributed by atoms with Gasteiger partial charge in [0.25, 0.3) is 0 Å². The van der Waals surface area contributed by atoms with Crippen molar-refractivity contribution < 1.29 is 13.2 Å². The van der Waals surface area contributed by atoms with Gasteiger partial charge in [-0.2, -0.15) is 0 Å². The number of hydrogen-bond donors (Lipinski definition) is 4. The van der Waals surface area contributed by atoms with Crippen LogP contribution in [0.4, 0.5) is 11.4 Å². The molecule has 0 aromatic heterocycles. The number of carbonyl (C=O) groups is 1. The summed E-state index contributed by atoms with van der Waals surface area (Å²) in [5, 5.41) is 5.58. The molecule has 1 rings (SSSR count). The highest BCUT2D eigenvalue weighted by Gasteiger charge is 2.27. The van der Waals surface area contributed by atoms with Crippen LogP contribution in [0.2, 0.25) is 0 Å².